The Morgan fingerprint density at radius 2 is 1.62 bits per heavy atom. The van der Waals surface area contributed by atoms with Gasteiger partial charge in [-0.15, -0.1) is 0 Å². The van der Waals surface area contributed by atoms with Gasteiger partial charge in [0.25, 0.3) is 0 Å². The molecule has 1 nitrogen and oxygen atoms in total. The molecule has 0 amide bonds. The second-order valence-electron chi connectivity index (χ2n) is 8.11. The Morgan fingerprint density at radius 1 is 1.05 bits per heavy atom. The fourth-order valence-electron chi connectivity index (χ4n) is 3.32. The summed E-state index contributed by atoms with van der Waals surface area (Å²) in [5.41, 5.74) is 9.57. The summed E-state index contributed by atoms with van der Waals surface area (Å²) in [6.07, 6.45) is 8.01. The lowest BCUT2D eigenvalue weighted by molar-refractivity contribution is 0.234. The van der Waals surface area contributed by atoms with Crippen molar-refractivity contribution in [1.82, 2.24) is 0 Å². The zero-order chi connectivity index (χ0) is 15.5. The Labute approximate surface area is 131 Å². The first-order valence-electron chi connectivity index (χ1n) is 8.73. The first-order chi connectivity index (χ1) is 9.88. The average molecular weight is 287 g/mol. The zero-order valence-corrected chi connectivity index (χ0v) is 14.4. The molecule has 0 aliphatic heterocycles. The number of hydrogen-bond acceptors (Lipinski definition) is 1. The van der Waals surface area contributed by atoms with Crippen LogP contribution in [0, 0.1) is 11.3 Å². The van der Waals surface area contributed by atoms with Gasteiger partial charge in [0.05, 0.1) is 0 Å². The van der Waals surface area contributed by atoms with Crippen molar-refractivity contribution in [2.75, 3.05) is 0 Å². The van der Waals surface area contributed by atoms with Crippen LogP contribution in [0.25, 0.3) is 0 Å². The zero-order valence-electron chi connectivity index (χ0n) is 14.4. The lowest BCUT2D eigenvalue weighted by atomic mass is 9.77. The predicted molar refractivity (Wildman–Crippen MR) is 92.4 cm³/mol. The Balaban J connectivity index is 1.97. The molecule has 1 heteroatoms. The van der Waals surface area contributed by atoms with Gasteiger partial charge in [0.1, 0.15) is 0 Å². The number of rotatable bonds is 4. The second-order valence-corrected chi connectivity index (χ2v) is 8.11. The summed E-state index contributed by atoms with van der Waals surface area (Å²) >= 11 is 0. The summed E-state index contributed by atoms with van der Waals surface area (Å²) in [5.74, 6) is 1.42. The Bertz CT molecular complexity index is 420. The molecule has 2 unspecified atom stereocenters. The standard InChI is InChI=1S/C20H33N/c1-15(20(2,3)4)14-19(21)18-12-10-17(11-13-18)16-8-6-5-7-9-16/h10-13,15-16,19H,5-9,14,21H2,1-4H3. The van der Waals surface area contributed by atoms with E-state index in [0.29, 0.717) is 11.3 Å². The van der Waals surface area contributed by atoms with Crippen LogP contribution in [0.5, 0.6) is 0 Å². The van der Waals surface area contributed by atoms with E-state index in [0.717, 1.165) is 12.3 Å². The molecule has 21 heavy (non-hydrogen) atoms. The smallest absolute Gasteiger partial charge is 0.0297 e. The molecule has 1 aromatic carbocycles. The van der Waals surface area contributed by atoms with E-state index in [2.05, 4.69) is 52.0 Å². The van der Waals surface area contributed by atoms with E-state index in [1.54, 1.807) is 0 Å². The molecule has 0 bridgehead atoms. The normalized spacial score (nSPS) is 20.2. The molecule has 118 valence electrons. The fourth-order valence-corrected chi connectivity index (χ4v) is 3.32. The van der Waals surface area contributed by atoms with Crippen molar-refractivity contribution < 1.29 is 0 Å². The first-order valence-corrected chi connectivity index (χ1v) is 8.73. The lowest BCUT2D eigenvalue weighted by Gasteiger charge is -2.29. The van der Waals surface area contributed by atoms with Crippen molar-refractivity contribution >= 4 is 0 Å². The molecule has 0 saturated heterocycles. The molecule has 0 radical (unpaired) electrons. The maximum Gasteiger partial charge on any atom is 0.0297 e. The minimum absolute atomic E-state index is 0.166. The number of nitrogens with two attached hydrogens (primary N) is 1. The van der Waals surface area contributed by atoms with Crippen LogP contribution in [0.2, 0.25) is 0 Å². The van der Waals surface area contributed by atoms with Crippen LogP contribution in [0.1, 0.15) is 89.3 Å². The minimum atomic E-state index is 0.166. The van der Waals surface area contributed by atoms with Crippen LogP contribution >= 0.6 is 0 Å². The van der Waals surface area contributed by atoms with Crippen LogP contribution in [-0.4, -0.2) is 0 Å². The summed E-state index contributed by atoms with van der Waals surface area (Å²) < 4.78 is 0. The van der Waals surface area contributed by atoms with Crippen LogP contribution in [0.3, 0.4) is 0 Å². The van der Waals surface area contributed by atoms with Crippen molar-refractivity contribution in [3.05, 3.63) is 35.4 Å². The molecular formula is C20H33N. The van der Waals surface area contributed by atoms with Gasteiger partial charge in [-0.05, 0) is 47.6 Å². The third kappa shape index (κ3) is 4.57. The van der Waals surface area contributed by atoms with Crippen LogP contribution in [0.4, 0.5) is 0 Å². The largest absolute Gasteiger partial charge is 0.324 e. The maximum absolute atomic E-state index is 6.42. The van der Waals surface area contributed by atoms with Gasteiger partial charge in [-0.1, -0.05) is 71.2 Å². The molecule has 0 aromatic heterocycles. The highest BCUT2D eigenvalue weighted by Gasteiger charge is 2.23. The number of benzene rings is 1. The van der Waals surface area contributed by atoms with E-state index in [1.165, 1.54) is 43.2 Å². The predicted octanol–water partition coefficient (Wildman–Crippen LogP) is 5.81. The molecule has 1 saturated carbocycles. The fraction of sp³-hybridized carbons (Fsp3) is 0.700. The maximum atomic E-state index is 6.42. The van der Waals surface area contributed by atoms with E-state index in [-0.39, 0.29) is 6.04 Å². The van der Waals surface area contributed by atoms with Crippen molar-refractivity contribution in [3.8, 4) is 0 Å². The second kappa shape index (κ2) is 6.96. The highest BCUT2D eigenvalue weighted by molar-refractivity contribution is 5.27. The van der Waals surface area contributed by atoms with Gasteiger partial charge in [-0.3, -0.25) is 0 Å². The first kappa shape index (κ1) is 16.5. The van der Waals surface area contributed by atoms with E-state index < -0.39 is 0 Å². The highest BCUT2D eigenvalue weighted by atomic mass is 14.6. The lowest BCUT2D eigenvalue weighted by Crippen LogP contribution is -2.23. The third-order valence-electron chi connectivity index (χ3n) is 5.53. The molecule has 1 fully saturated rings. The molecule has 1 aliphatic carbocycles. The van der Waals surface area contributed by atoms with Gasteiger partial charge in [0.2, 0.25) is 0 Å². The highest BCUT2D eigenvalue weighted by Crippen LogP contribution is 2.35. The van der Waals surface area contributed by atoms with Gasteiger partial charge < -0.3 is 5.73 Å². The SMILES string of the molecule is CC(CC(N)c1ccc(C2CCCCC2)cc1)C(C)(C)C. The van der Waals surface area contributed by atoms with Gasteiger partial charge >= 0.3 is 0 Å². The van der Waals surface area contributed by atoms with E-state index in [9.17, 15) is 0 Å². The van der Waals surface area contributed by atoms with Gasteiger partial charge in [-0.2, -0.15) is 0 Å². The summed E-state index contributed by atoms with van der Waals surface area (Å²) in [6, 6.07) is 9.35. The molecule has 2 N–H and O–H groups in total. The quantitative estimate of drug-likeness (QED) is 0.743. The minimum Gasteiger partial charge on any atom is -0.324 e. The van der Waals surface area contributed by atoms with Gasteiger partial charge in [-0.25, -0.2) is 0 Å². The van der Waals surface area contributed by atoms with Crippen molar-refractivity contribution in [2.45, 2.75) is 78.2 Å². The van der Waals surface area contributed by atoms with Crippen LogP contribution in [0.15, 0.2) is 24.3 Å². The third-order valence-corrected chi connectivity index (χ3v) is 5.53. The molecule has 0 heterocycles. The monoisotopic (exact) mass is 287 g/mol. The van der Waals surface area contributed by atoms with Crippen molar-refractivity contribution in [1.29, 1.82) is 0 Å². The van der Waals surface area contributed by atoms with E-state index in [1.807, 2.05) is 0 Å². The van der Waals surface area contributed by atoms with Crippen LogP contribution in [-0.2, 0) is 0 Å². The average Bonchev–Trinajstić information content (AvgIpc) is 2.47. The Kier molecular flexibility index (Phi) is 5.48. The van der Waals surface area contributed by atoms with E-state index >= 15 is 0 Å². The number of hydrogen-bond donors (Lipinski definition) is 1. The summed E-state index contributed by atoms with van der Waals surface area (Å²) in [4.78, 5) is 0. The van der Waals surface area contributed by atoms with Crippen molar-refractivity contribution in [2.24, 2.45) is 17.1 Å². The molecular weight excluding hydrogens is 254 g/mol. The summed E-state index contributed by atoms with van der Waals surface area (Å²) in [6.45, 7) is 9.22. The molecule has 1 aromatic rings. The van der Waals surface area contributed by atoms with Crippen molar-refractivity contribution in [3.63, 3.8) is 0 Å². The molecule has 2 atom stereocenters. The Morgan fingerprint density at radius 3 is 2.14 bits per heavy atom. The molecule has 0 spiro atoms. The Hall–Kier alpha value is -0.820. The molecule has 2 rings (SSSR count). The summed E-state index contributed by atoms with van der Waals surface area (Å²) in [5, 5.41) is 0. The molecule has 1 aliphatic rings. The van der Waals surface area contributed by atoms with Gasteiger partial charge in [0, 0.05) is 6.04 Å². The van der Waals surface area contributed by atoms with E-state index in [4.69, 9.17) is 5.73 Å². The summed E-state index contributed by atoms with van der Waals surface area (Å²) in [7, 11) is 0. The van der Waals surface area contributed by atoms with Crippen LogP contribution < -0.4 is 5.73 Å². The topological polar surface area (TPSA) is 26.0 Å². The van der Waals surface area contributed by atoms with Gasteiger partial charge in [0.15, 0.2) is 0 Å².